The maximum absolute atomic E-state index is 13.2. The van der Waals surface area contributed by atoms with Crippen LogP contribution in [0, 0.1) is 5.92 Å². The fourth-order valence-electron chi connectivity index (χ4n) is 4.82. The highest BCUT2D eigenvalue weighted by Gasteiger charge is 2.23. The van der Waals surface area contributed by atoms with Crippen molar-refractivity contribution in [3.05, 3.63) is 29.1 Å². The molecule has 5 nitrogen and oxygen atoms in total. The highest BCUT2D eigenvalue weighted by Crippen LogP contribution is 2.29. The van der Waals surface area contributed by atoms with Crippen molar-refractivity contribution in [3.63, 3.8) is 0 Å². The Morgan fingerprint density at radius 3 is 2.57 bits per heavy atom. The summed E-state index contributed by atoms with van der Waals surface area (Å²) in [4.78, 5) is 13.2. The van der Waals surface area contributed by atoms with Crippen LogP contribution < -0.4 is 5.43 Å². The molecule has 1 aliphatic heterocycles. The summed E-state index contributed by atoms with van der Waals surface area (Å²) in [7, 11) is 1.73. The Bertz CT molecular complexity index is 697. The van der Waals surface area contributed by atoms with Crippen LogP contribution >= 0.6 is 0 Å². The van der Waals surface area contributed by atoms with Crippen molar-refractivity contribution in [1.82, 2.24) is 15.0 Å². The smallest absolute Gasteiger partial charge is 0.267 e. The second kappa shape index (κ2) is 11.7. The van der Waals surface area contributed by atoms with E-state index in [0.29, 0.717) is 5.92 Å². The largest absolute Gasteiger partial charge is 0.378 e. The number of piperidine rings is 1. The van der Waals surface area contributed by atoms with Crippen LogP contribution in [-0.4, -0.2) is 41.8 Å². The quantitative estimate of drug-likeness (QED) is 0.603. The van der Waals surface area contributed by atoms with Crippen molar-refractivity contribution >= 4 is 12.0 Å². The highest BCUT2D eigenvalue weighted by molar-refractivity contribution is 5.96. The van der Waals surface area contributed by atoms with Crippen molar-refractivity contribution in [2.24, 2.45) is 5.92 Å². The molecule has 2 fully saturated rings. The van der Waals surface area contributed by atoms with E-state index in [1.54, 1.807) is 7.11 Å². The molecule has 0 bridgehead atoms. The third-order valence-electron chi connectivity index (χ3n) is 6.66. The summed E-state index contributed by atoms with van der Waals surface area (Å²) in [5.74, 6) is 0.768. The molecule has 1 aromatic rings. The number of hydrogen-bond donors (Lipinski definition) is 1. The maximum atomic E-state index is 13.2. The van der Waals surface area contributed by atoms with E-state index in [1.165, 1.54) is 44.2 Å². The Hall–Kier alpha value is -1.59. The summed E-state index contributed by atoms with van der Waals surface area (Å²) in [5, 5.41) is 2.10. The summed E-state index contributed by atoms with van der Waals surface area (Å²) in [5.41, 5.74) is 6.37. The minimum atomic E-state index is 0.0529. The van der Waals surface area contributed by atoms with Gasteiger partial charge in [-0.1, -0.05) is 45.1 Å². The number of hydrogen-bond acceptors (Lipinski definition) is 3. The predicted molar refractivity (Wildman–Crippen MR) is 123 cm³/mol. The van der Waals surface area contributed by atoms with Gasteiger partial charge in [-0.3, -0.25) is 10.2 Å². The molecule has 30 heavy (non-hydrogen) atoms. The van der Waals surface area contributed by atoms with Crippen LogP contribution in [0.1, 0.15) is 93.4 Å². The van der Waals surface area contributed by atoms with Gasteiger partial charge in [-0.15, -0.1) is 0 Å². The second-order valence-electron chi connectivity index (χ2n) is 9.08. The number of nitrogens with one attached hydrogen (secondary N) is 1. The normalized spacial score (nSPS) is 20.0. The molecule has 2 aliphatic rings. The molecule has 1 saturated carbocycles. The summed E-state index contributed by atoms with van der Waals surface area (Å²) in [6.45, 7) is 7.17. The fourth-order valence-corrected chi connectivity index (χ4v) is 4.82. The molecule has 0 spiro atoms. The van der Waals surface area contributed by atoms with Gasteiger partial charge >= 0.3 is 0 Å². The van der Waals surface area contributed by atoms with Gasteiger partial charge < -0.3 is 9.30 Å². The topological polar surface area (TPSA) is 46.5 Å². The zero-order valence-corrected chi connectivity index (χ0v) is 19.3. The van der Waals surface area contributed by atoms with E-state index in [1.807, 2.05) is 6.92 Å². The first-order valence-corrected chi connectivity index (χ1v) is 12.1. The van der Waals surface area contributed by atoms with Crippen LogP contribution in [0.15, 0.2) is 12.1 Å². The molecule has 1 unspecified atom stereocenters. The molecular weight excluding hydrogens is 374 g/mol. The highest BCUT2D eigenvalue weighted by atomic mass is 16.5. The zero-order valence-electron chi connectivity index (χ0n) is 19.3. The molecule has 1 atom stereocenters. The number of methoxy groups -OCH3 is 1. The summed E-state index contributed by atoms with van der Waals surface area (Å²) in [6, 6.07) is 2.10. The van der Waals surface area contributed by atoms with Gasteiger partial charge in [-0.25, -0.2) is 5.01 Å². The van der Waals surface area contributed by atoms with Crippen LogP contribution in [0.2, 0.25) is 0 Å². The van der Waals surface area contributed by atoms with Crippen molar-refractivity contribution in [1.29, 1.82) is 0 Å². The number of aromatic nitrogens is 1. The van der Waals surface area contributed by atoms with Crippen LogP contribution in [0.4, 0.5) is 0 Å². The SMILES string of the molecule is CCCc1c(C(=O)NN2CCCCC2)cc(/C=C/C(C)OC)n1CC1CCCCC1. The Morgan fingerprint density at radius 1 is 1.20 bits per heavy atom. The minimum absolute atomic E-state index is 0.0529. The fraction of sp³-hybridized carbons (Fsp3) is 0.720. The van der Waals surface area contributed by atoms with Gasteiger partial charge in [0.25, 0.3) is 5.91 Å². The van der Waals surface area contributed by atoms with Gasteiger partial charge in [0.05, 0.1) is 11.7 Å². The van der Waals surface area contributed by atoms with Crippen LogP contribution in [0.5, 0.6) is 0 Å². The molecular formula is C25H41N3O2. The zero-order chi connectivity index (χ0) is 21.3. The number of nitrogens with zero attached hydrogens (tertiary/aromatic N) is 2. The first kappa shape index (κ1) is 23.1. The molecule has 1 saturated heterocycles. The molecule has 0 radical (unpaired) electrons. The monoisotopic (exact) mass is 415 g/mol. The molecule has 2 heterocycles. The lowest BCUT2D eigenvalue weighted by atomic mass is 9.89. The van der Waals surface area contributed by atoms with E-state index in [2.05, 4.69) is 40.1 Å². The number of amides is 1. The van der Waals surface area contributed by atoms with Gasteiger partial charge in [0, 0.05) is 38.1 Å². The molecule has 1 amide bonds. The third-order valence-corrected chi connectivity index (χ3v) is 6.66. The van der Waals surface area contributed by atoms with Crippen molar-refractivity contribution in [3.8, 4) is 0 Å². The van der Waals surface area contributed by atoms with E-state index in [4.69, 9.17) is 4.74 Å². The lowest BCUT2D eigenvalue weighted by molar-refractivity contribution is 0.0749. The third kappa shape index (κ3) is 6.21. The number of rotatable bonds is 9. The van der Waals surface area contributed by atoms with Crippen LogP contribution in [0.25, 0.3) is 6.08 Å². The summed E-state index contributed by atoms with van der Waals surface area (Å²) < 4.78 is 7.85. The number of hydrazine groups is 1. The second-order valence-corrected chi connectivity index (χ2v) is 9.08. The Labute approximate surface area is 182 Å². The van der Waals surface area contributed by atoms with Gasteiger partial charge in [-0.2, -0.15) is 0 Å². The van der Waals surface area contributed by atoms with Crippen molar-refractivity contribution < 1.29 is 9.53 Å². The first-order valence-electron chi connectivity index (χ1n) is 12.1. The Balaban J connectivity index is 1.89. The minimum Gasteiger partial charge on any atom is -0.378 e. The van der Waals surface area contributed by atoms with Gasteiger partial charge in [0.2, 0.25) is 0 Å². The van der Waals surface area contributed by atoms with Crippen LogP contribution in [-0.2, 0) is 17.7 Å². The van der Waals surface area contributed by atoms with Crippen molar-refractivity contribution in [2.45, 2.75) is 90.7 Å². The summed E-state index contributed by atoms with van der Waals surface area (Å²) in [6.07, 6.45) is 16.5. The molecule has 0 aromatic carbocycles. The molecule has 1 aromatic heterocycles. The lowest BCUT2D eigenvalue weighted by Gasteiger charge is -2.27. The lowest BCUT2D eigenvalue weighted by Crippen LogP contribution is -2.45. The molecule has 5 heteroatoms. The molecule has 1 aliphatic carbocycles. The Kier molecular flexibility index (Phi) is 9.01. The molecule has 168 valence electrons. The standard InChI is InChI=1S/C25H41N3O2/c1-4-11-24-23(25(29)26-27-16-9-6-10-17-27)18-22(15-14-20(2)30-3)28(24)19-21-12-7-5-8-13-21/h14-15,18,20-21H,4-13,16-17,19H2,1-3H3,(H,26,29)/b15-14+. The first-order chi connectivity index (χ1) is 14.6. The van der Waals surface area contributed by atoms with Crippen molar-refractivity contribution in [2.75, 3.05) is 20.2 Å². The summed E-state index contributed by atoms with van der Waals surface area (Å²) >= 11 is 0. The van der Waals surface area contributed by atoms with E-state index < -0.39 is 0 Å². The maximum Gasteiger partial charge on any atom is 0.267 e. The van der Waals surface area contributed by atoms with E-state index in [0.717, 1.165) is 56.6 Å². The average Bonchev–Trinajstić information content (AvgIpc) is 3.11. The number of ether oxygens (including phenoxy) is 1. The predicted octanol–water partition coefficient (Wildman–Crippen LogP) is 5.20. The van der Waals surface area contributed by atoms with E-state index in [9.17, 15) is 4.79 Å². The van der Waals surface area contributed by atoms with Gasteiger partial charge in [0.1, 0.15) is 0 Å². The van der Waals surface area contributed by atoms with Gasteiger partial charge in [-0.05, 0) is 57.1 Å². The van der Waals surface area contributed by atoms with E-state index >= 15 is 0 Å². The number of carbonyl (C=O) groups excluding carboxylic acids is 1. The molecule has 1 N–H and O–H groups in total. The molecule has 3 rings (SSSR count). The van der Waals surface area contributed by atoms with Crippen LogP contribution in [0.3, 0.4) is 0 Å². The van der Waals surface area contributed by atoms with E-state index in [-0.39, 0.29) is 12.0 Å². The number of carbonyl (C=O) groups is 1. The Morgan fingerprint density at radius 2 is 1.90 bits per heavy atom. The average molecular weight is 416 g/mol. The van der Waals surface area contributed by atoms with Gasteiger partial charge in [0.15, 0.2) is 0 Å².